The maximum absolute atomic E-state index is 13.0. The predicted molar refractivity (Wildman–Crippen MR) is 170 cm³/mol. The molecule has 2 amide bonds. The zero-order valence-corrected chi connectivity index (χ0v) is 23.6. The van der Waals surface area contributed by atoms with E-state index in [-0.39, 0.29) is 11.4 Å². The number of carbonyl (C=O) groups excluding carboxylic acids is 2. The van der Waals surface area contributed by atoms with Gasteiger partial charge >= 0.3 is 0 Å². The van der Waals surface area contributed by atoms with Gasteiger partial charge in [-0.05, 0) is 33.7 Å². The molecular formula is C33H21N5O2S2. The van der Waals surface area contributed by atoms with Gasteiger partial charge in [0.2, 0.25) is 0 Å². The van der Waals surface area contributed by atoms with Crippen LogP contribution in [-0.4, -0.2) is 26.8 Å². The van der Waals surface area contributed by atoms with Gasteiger partial charge in [0.1, 0.15) is 11.4 Å². The van der Waals surface area contributed by atoms with Crippen molar-refractivity contribution in [2.75, 3.05) is 10.6 Å². The molecule has 7 rings (SSSR count). The van der Waals surface area contributed by atoms with Gasteiger partial charge < -0.3 is 0 Å². The highest BCUT2D eigenvalue weighted by Crippen LogP contribution is 2.32. The molecule has 2 N–H and O–H groups in total. The second-order valence-corrected chi connectivity index (χ2v) is 11.2. The fraction of sp³-hybridized carbons (Fsp3) is 0. The highest BCUT2D eigenvalue weighted by molar-refractivity contribution is 7.14. The summed E-state index contributed by atoms with van der Waals surface area (Å²) in [6.07, 6.45) is 0. The van der Waals surface area contributed by atoms with Crippen LogP contribution in [-0.2, 0) is 0 Å². The number of nitrogens with one attached hydrogen (secondary N) is 2. The summed E-state index contributed by atoms with van der Waals surface area (Å²) in [6, 6.07) is 33.1. The van der Waals surface area contributed by atoms with E-state index in [1.807, 2.05) is 59.3 Å². The molecule has 0 aliphatic carbocycles. The Kier molecular flexibility index (Phi) is 6.71. The summed E-state index contributed by atoms with van der Waals surface area (Å²) in [5, 5.41) is 14.8. The molecule has 0 bridgehead atoms. The highest BCUT2D eigenvalue weighted by Gasteiger charge is 2.17. The van der Waals surface area contributed by atoms with Crippen molar-refractivity contribution in [2.24, 2.45) is 0 Å². The molecule has 0 atom stereocenters. The van der Waals surface area contributed by atoms with Crippen molar-refractivity contribution in [1.29, 1.82) is 0 Å². The lowest BCUT2D eigenvalue weighted by molar-refractivity contribution is 0.101. The summed E-state index contributed by atoms with van der Waals surface area (Å²) in [6.45, 7) is 0. The molecule has 4 aromatic carbocycles. The molecule has 0 unspecified atom stereocenters. The monoisotopic (exact) mass is 583 g/mol. The van der Waals surface area contributed by atoms with Crippen molar-refractivity contribution in [3.05, 3.63) is 125 Å². The van der Waals surface area contributed by atoms with E-state index in [4.69, 9.17) is 0 Å². The van der Waals surface area contributed by atoms with Gasteiger partial charge in [-0.25, -0.2) is 15.0 Å². The molecule has 0 saturated heterocycles. The van der Waals surface area contributed by atoms with Crippen molar-refractivity contribution in [3.8, 4) is 22.5 Å². The van der Waals surface area contributed by atoms with Crippen molar-refractivity contribution < 1.29 is 9.59 Å². The summed E-state index contributed by atoms with van der Waals surface area (Å²) in [5.41, 5.74) is 3.76. The second kappa shape index (κ2) is 11.0. The lowest BCUT2D eigenvalue weighted by Crippen LogP contribution is -2.18. The number of hydrogen-bond donors (Lipinski definition) is 2. The minimum absolute atomic E-state index is 0.111. The Labute approximate surface area is 248 Å². The number of rotatable bonds is 6. The lowest BCUT2D eigenvalue weighted by atomic mass is 10.0. The first-order valence-electron chi connectivity index (χ1n) is 13.1. The minimum Gasteiger partial charge on any atom is -0.296 e. The Hall–Kier alpha value is -5.25. The molecule has 7 nitrogen and oxygen atoms in total. The van der Waals surface area contributed by atoms with E-state index in [1.165, 1.54) is 22.7 Å². The van der Waals surface area contributed by atoms with Crippen molar-refractivity contribution >= 4 is 66.3 Å². The number of hydrogen-bond acceptors (Lipinski definition) is 7. The summed E-state index contributed by atoms with van der Waals surface area (Å²) in [5.74, 6) is -0.896. The number of nitrogens with zero attached hydrogens (tertiary/aromatic N) is 3. The molecule has 0 spiro atoms. The van der Waals surface area contributed by atoms with Crippen molar-refractivity contribution in [2.45, 2.75) is 0 Å². The molecule has 9 heteroatoms. The van der Waals surface area contributed by atoms with Gasteiger partial charge in [0.05, 0.1) is 11.4 Å². The molecule has 3 aromatic heterocycles. The lowest BCUT2D eigenvalue weighted by Gasteiger charge is -2.05. The fourth-order valence-corrected chi connectivity index (χ4v) is 6.23. The van der Waals surface area contributed by atoms with Gasteiger partial charge in [0.25, 0.3) is 11.8 Å². The van der Waals surface area contributed by atoms with Crippen LogP contribution < -0.4 is 10.6 Å². The van der Waals surface area contributed by atoms with E-state index in [0.717, 1.165) is 44.1 Å². The number of pyridine rings is 1. The van der Waals surface area contributed by atoms with Crippen LogP contribution in [0.3, 0.4) is 0 Å². The van der Waals surface area contributed by atoms with E-state index in [9.17, 15) is 9.59 Å². The third-order valence-corrected chi connectivity index (χ3v) is 8.31. The Balaban J connectivity index is 1.06. The van der Waals surface area contributed by atoms with Crippen LogP contribution in [0.2, 0.25) is 0 Å². The molecule has 7 aromatic rings. The van der Waals surface area contributed by atoms with Crippen LogP contribution in [0.4, 0.5) is 10.3 Å². The van der Waals surface area contributed by atoms with Crippen LogP contribution in [0.25, 0.3) is 44.1 Å². The van der Waals surface area contributed by atoms with Gasteiger partial charge in [0.15, 0.2) is 10.3 Å². The number of fused-ring (bicyclic) bond motifs is 2. The Morgan fingerprint density at radius 2 is 0.929 bits per heavy atom. The van der Waals surface area contributed by atoms with E-state index in [2.05, 4.69) is 62.0 Å². The zero-order chi connectivity index (χ0) is 28.5. The van der Waals surface area contributed by atoms with Gasteiger partial charge in [-0.1, -0.05) is 91.0 Å². The average Bonchev–Trinajstić information content (AvgIpc) is 3.70. The van der Waals surface area contributed by atoms with Crippen LogP contribution in [0, 0.1) is 0 Å². The molecule has 0 aliphatic heterocycles. The second-order valence-electron chi connectivity index (χ2n) is 9.45. The quantitative estimate of drug-likeness (QED) is 0.206. The largest absolute Gasteiger partial charge is 0.296 e. The van der Waals surface area contributed by atoms with Crippen LogP contribution >= 0.6 is 22.7 Å². The van der Waals surface area contributed by atoms with Crippen molar-refractivity contribution in [1.82, 2.24) is 15.0 Å². The first kappa shape index (κ1) is 25.7. The number of anilines is 2. The Morgan fingerprint density at radius 1 is 0.500 bits per heavy atom. The highest BCUT2D eigenvalue weighted by atomic mass is 32.1. The van der Waals surface area contributed by atoms with Gasteiger partial charge in [-0.3, -0.25) is 20.2 Å². The van der Waals surface area contributed by atoms with Gasteiger partial charge in [-0.2, -0.15) is 0 Å². The van der Waals surface area contributed by atoms with Crippen LogP contribution in [0.15, 0.2) is 114 Å². The molecule has 202 valence electrons. The molecule has 3 heterocycles. The summed E-state index contributed by atoms with van der Waals surface area (Å²) in [4.78, 5) is 39.6. The van der Waals surface area contributed by atoms with Gasteiger partial charge in [-0.15, -0.1) is 22.7 Å². The first-order chi connectivity index (χ1) is 20.6. The minimum atomic E-state index is -0.448. The topological polar surface area (TPSA) is 96.9 Å². The summed E-state index contributed by atoms with van der Waals surface area (Å²) >= 11 is 2.66. The molecule has 0 aliphatic rings. The fourth-order valence-electron chi connectivity index (χ4n) is 4.82. The molecular weight excluding hydrogens is 563 g/mol. The number of thiazole rings is 2. The third kappa shape index (κ3) is 5.03. The predicted octanol–water partition coefficient (Wildman–Crippen LogP) is 8.14. The number of aromatic nitrogens is 3. The number of carbonyl (C=O) groups is 2. The van der Waals surface area contributed by atoms with E-state index in [1.54, 1.807) is 18.2 Å². The number of benzene rings is 4. The summed E-state index contributed by atoms with van der Waals surface area (Å²) in [7, 11) is 0. The maximum Gasteiger partial charge on any atom is 0.276 e. The van der Waals surface area contributed by atoms with Crippen LogP contribution in [0.5, 0.6) is 0 Å². The number of amides is 2. The normalized spacial score (nSPS) is 11.0. The molecule has 42 heavy (non-hydrogen) atoms. The Morgan fingerprint density at radius 3 is 1.43 bits per heavy atom. The zero-order valence-electron chi connectivity index (χ0n) is 21.9. The standard InChI is InChI=1S/C33H21N5O2S2/c39-30(37-32-35-28(18-41-32)24-14-5-10-20-8-1-3-12-22(20)24)26-16-7-17-27(34-26)31(40)38-33-36-29(19-42-33)25-15-6-11-21-9-2-4-13-23(21)25/h1-19H,(H,35,37,39)(H,36,38,40). The van der Waals surface area contributed by atoms with E-state index < -0.39 is 11.8 Å². The van der Waals surface area contributed by atoms with E-state index >= 15 is 0 Å². The third-order valence-electron chi connectivity index (χ3n) is 6.79. The SMILES string of the molecule is O=C(Nc1nc(-c2cccc3ccccc23)cs1)c1cccc(C(=O)Nc2nc(-c3cccc4ccccc34)cs2)n1. The van der Waals surface area contributed by atoms with Crippen molar-refractivity contribution in [3.63, 3.8) is 0 Å². The molecule has 0 fully saturated rings. The summed E-state index contributed by atoms with van der Waals surface area (Å²) < 4.78 is 0. The first-order valence-corrected chi connectivity index (χ1v) is 14.9. The molecule has 0 saturated carbocycles. The Bertz CT molecular complexity index is 1960. The molecule has 0 radical (unpaired) electrons. The van der Waals surface area contributed by atoms with Crippen LogP contribution in [0.1, 0.15) is 21.0 Å². The maximum atomic E-state index is 13.0. The van der Waals surface area contributed by atoms with E-state index in [0.29, 0.717) is 10.3 Å². The average molecular weight is 584 g/mol. The van der Waals surface area contributed by atoms with Gasteiger partial charge in [0, 0.05) is 21.9 Å². The smallest absolute Gasteiger partial charge is 0.276 e.